The molecular formula is C15H15N5OS. The fourth-order valence-electron chi connectivity index (χ4n) is 2.72. The quantitative estimate of drug-likeness (QED) is 0.784. The number of thioether (sulfide) groups is 1. The lowest BCUT2D eigenvalue weighted by molar-refractivity contribution is 0.393. The first-order valence-corrected chi connectivity index (χ1v) is 8.05. The van der Waals surface area contributed by atoms with Gasteiger partial charge in [-0.2, -0.15) is 0 Å². The summed E-state index contributed by atoms with van der Waals surface area (Å²) in [6, 6.07) is 2.01. The van der Waals surface area contributed by atoms with Gasteiger partial charge < -0.3 is 14.4 Å². The van der Waals surface area contributed by atoms with Crippen molar-refractivity contribution in [2.75, 3.05) is 17.2 Å². The number of anilines is 1. The molecule has 0 atom stereocenters. The predicted octanol–water partition coefficient (Wildman–Crippen LogP) is 3.11. The van der Waals surface area contributed by atoms with Crippen LogP contribution >= 0.6 is 11.8 Å². The highest BCUT2D eigenvalue weighted by Gasteiger charge is 2.21. The van der Waals surface area contributed by atoms with E-state index in [1.807, 2.05) is 37.9 Å². The van der Waals surface area contributed by atoms with Gasteiger partial charge in [-0.3, -0.25) is 0 Å². The van der Waals surface area contributed by atoms with Crippen LogP contribution in [-0.2, 0) is 0 Å². The number of aromatic nitrogens is 4. The SMILES string of the molecule is Cc1noc(C)c1C1=CN(c2ncnc3[nH]ccc23)CCS1. The van der Waals surface area contributed by atoms with Crippen LogP contribution in [0, 0.1) is 13.8 Å². The van der Waals surface area contributed by atoms with Gasteiger partial charge in [-0.05, 0) is 19.9 Å². The molecule has 3 aromatic rings. The van der Waals surface area contributed by atoms with Crippen molar-refractivity contribution in [2.24, 2.45) is 0 Å². The normalized spacial score (nSPS) is 15.4. The first-order chi connectivity index (χ1) is 10.7. The molecule has 0 radical (unpaired) electrons. The number of hydrogen-bond acceptors (Lipinski definition) is 6. The largest absolute Gasteiger partial charge is 0.361 e. The molecule has 1 aliphatic rings. The summed E-state index contributed by atoms with van der Waals surface area (Å²) in [4.78, 5) is 15.2. The van der Waals surface area contributed by atoms with Crippen molar-refractivity contribution in [3.63, 3.8) is 0 Å². The van der Waals surface area contributed by atoms with Gasteiger partial charge in [0, 0.05) is 29.6 Å². The van der Waals surface area contributed by atoms with Crippen molar-refractivity contribution in [1.82, 2.24) is 20.1 Å². The van der Waals surface area contributed by atoms with Crippen molar-refractivity contribution in [3.8, 4) is 0 Å². The van der Waals surface area contributed by atoms with Crippen molar-refractivity contribution in [2.45, 2.75) is 13.8 Å². The van der Waals surface area contributed by atoms with Gasteiger partial charge >= 0.3 is 0 Å². The number of H-pyrrole nitrogens is 1. The summed E-state index contributed by atoms with van der Waals surface area (Å²) in [5.41, 5.74) is 2.87. The number of rotatable bonds is 2. The van der Waals surface area contributed by atoms with E-state index in [0.717, 1.165) is 46.2 Å². The zero-order valence-corrected chi connectivity index (χ0v) is 13.1. The number of nitrogens with zero attached hydrogens (tertiary/aromatic N) is 4. The van der Waals surface area contributed by atoms with Crippen LogP contribution in [0.2, 0.25) is 0 Å². The average Bonchev–Trinajstić information content (AvgIpc) is 3.13. The van der Waals surface area contributed by atoms with E-state index in [1.165, 1.54) is 4.91 Å². The highest BCUT2D eigenvalue weighted by molar-refractivity contribution is 8.08. The lowest BCUT2D eigenvalue weighted by Crippen LogP contribution is -2.24. The van der Waals surface area contributed by atoms with E-state index in [0.29, 0.717) is 0 Å². The number of hydrogen-bond donors (Lipinski definition) is 1. The Morgan fingerprint density at radius 3 is 3.05 bits per heavy atom. The van der Waals surface area contributed by atoms with Crippen LogP contribution in [-0.4, -0.2) is 32.4 Å². The Balaban J connectivity index is 1.80. The minimum absolute atomic E-state index is 0.854. The lowest BCUT2D eigenvalue weighted by Gasteiger charge is -2.25. The van der Waals surface area contributed by atoms with Crippen LogP contribution in [0.4, 0.5) is 5.82 Å². The van der Waals surface area contributed by atoms with Gasteiger partial charge in [0.05, 0.1) is 16.6 Å². The Hall–Kier alpha value is -2.28. The molecule has 4 heterocycles. The molecule has 4 rings (SSSR count). The first kappa shape index (κ1) is 13.4. The first-order valence-electron chi connectivity index (χ1n) is 7.06. The summed E-state index contributed by atoms with van der Waals surface area (Å²) in [6.45, 7) is 4.83. The highest BCUT2D eigenvalue weighted by atomic mass is 32.2. The topological polar surface area (TPSA) is 70.8 Å². The lowest BCUT2D eigenvalue weighted by atomic mass is 10.2. The molecule has 0 aliphatic carbocycles. The predicted molar refractivity (Wildman–Crippen MR) is 87.6 cm³/mol. The minimum Gasteiger partial charge on any atom is -0.361 e. The summed E-state index contributed by atoms with van der Waals surface area (Å²) in [6.07, 6.45) is 5.62. The van der Waals surface area contributed by atoms with Crippen LogP contribution in [0.5, 0.6) is 0 Å². The number of aryl methyl sites for hydroxylation is 2. The Morgan fingerprint density at radius 1 is 1.32 bits per heavy atom. The molecular weight excluding hydrogens is 298 g/mol. The van der Waals surface area contributed by atoms with Gasteiger partial charge in [0.2, 0.25) is 0 Å². The molecule has 0 fully saturated rings. The third-order valence-corrected chi connectivity index (χ3v) is 4.75. The zero-order chi connectivity index (χ0) is 15.1. The van der Waals surface area contributed by atoms with E-state index in [4.69, 9.17) is 4.52 Å². The number of fused-ring (bicyclic) bond motifs is 1. The fourth-order valence-corrected chi connectivity index (χ4v) is 3.87. The molecule has 22 heavy (non-hydrogen) atoms. The van der Waals surface area contributed by atoms with Crippen LogP contribution < -0.4 is 4.90 Å². The smallest absolute Gasteiger partial charge is 0.145 e. The summed E-state index contributed by atoms with van der Waals surface area (Å²) >= 11 is 1.82. The standard InChI is InChI=1S/C15H15N5OS/c1-9-13(10(2)21-19-9)12-7-20(5-6-22-12)15-11-3-4-16-14(11)17-8-18-15/h3-4,7-8H,5-6H2,1-2H3,(H,16,17,18). The van der Waals surface area contributed by atoms with Gasteiger partial charge in [0.25, 0.3) is 0 Å². The number of aromatic amines is 1. The van der Waals surface area contributed by atoms with Crippen molar-refractivity contribution in [1.29, 1.82) is 0 Å². The molecule has 1 aliphatic heterocycles. The Bertz CT molecular complexity index is 846. The molecule has 112 valence electrons. The molecule has 0 saturated carbocycles. The summed E-state index contributed by atoms with van der Waals surface area (Å²) in [7, 11) is 0. The molecule has 0 bridgehead atoms. The van der Waals surface area contributed by atoms with Crippen molar-refractivity contribution >= 4 is 33.5 Å². The Labute approximate surface area is 131 Å². The Morgan fingerprint density at radius 2 is 2.23 bits per heavy atom. The van der Waals surface area contributed by atoms with Crippen LogP contribution in [0.25, 0.3) is 15.9 Å². The van der Waals surface area contributed by atoms with Crippen molar-refractivity contribution < 1.29 is 4.52 Å². The molecule has 0 aromatic carbocycles. The van der Waals surface area contributed by atoms with E-state index in [2.05, 4.69) is 31.2 Å². The van der Waals surface area contributed by atoms with E-state index in [9.17, 15) is 0 Å². The second-order valence-electron chi connectivity index (χ2n) is 5.17. The van der Waals surface area contributed by atoms with Gasteiger partial charge in [0.15, 0.2) is 0 Å². The third-order valence-electron chi connectivity index (χ3n) is 3.75. The van der Waals surface area contributed by atoms with Gasteiger partial charge in [-0.15, -0.1) is 11.8 Å². The number of nitrogens with one attached hydrogen (secondary N) is 1. The summed E-state index contributed by atoms with van der Waals surface area (Å²) in [5.74, 6) is 2.77. The molecule has 7 heteroatoms. The summed E-state index contributed by atoms with van der Waals surface area (Å²) < 4.78 is 5.29. The van der Waals surface area contributed by atoms with Gasteiger partial charge in [-0.1, -0.05) is 5.16 Å². The van der Waals surface area contributed by atoms with Gasteiger partial charge in [0.1, 0.15) is 23.6 Å². The van der Waals surface area contributed by atoms with E-state index >= 15 is 0 Å². The van der Waals surface area contributed by atoms with E-state index in [1.54, 1.807) is 6.33 Å². The molecule has 6 nitrogen and oxygen atoms in total. The van der Waals surface area contributed by atoms with Crippen LogP contribution in [0.1, 0.15) is 17.0 Å². The molecule has 3 aromatic heterocycles. The molecule has 0 unspecified atom stereocenters. The summed E-state index contributed by atoms with van der Waals surface area (Å²) in [5, 5.41) is 5.08. The fraction of sp³-hybridized carbons (Fsp3) is 0.267. The van der Waals surface area contributed by atoms with Gasteiger partial charge in [-0.25, -0.2) is 9.97 Å². The Kier molecular flexibility index (Phi) is 3.15. The minimum atomic E-state index is 0.854. The third kappa shape index (κ3) is 2.09. The second kappa shape index (κ2) is 5.17. The average molecular weight is 313 g/mol. The monoisotopic (exact) mass is 313 g/mol. The van der Waals surface area contributed by atoms with Crippen molar-refractivity contribution in [3.05, 3.63) is 41.8 Å². The van der Waals surface area contributed by atoms with Crippen LogP contribution in [0.15, 0.2) is 29.3 Å². The maximum atomic E-state index is 5.29. The molecule has 1 N–H and O–H groups in total. The van der Waals surface area contributed by atoms with Crippen LogP contribution in [0.3, 0.4) is 0 Å². The second-order valence-corrected chi connectivity index (χ2v) is 6.31. The molecule has 0 spiro atoms. The maximum absolute atomic E-state index is 5.29. The van der Waals surface area contributed by atoms with E-state index < -0.39 is 0 Å². The molecule has 0 amide bonds. The zero-order valence-electron chi connectivity index (χ0n) is 12.3. The van der Waals surface area contributed by atoms with E-state index in [-0.39, 0.29) is 0 Å². The maximum Gasteiger partial charge on any atom is 0.145 e. The highest BCUT2D eigenvalue weighted by Crippen LogP contribution is 2.37. The molecule has 0 saturated heterocycles.